The van der Waals surface area contributed by atoms with Gasteiger partial charge >= 0.3 is 0 Å². The summed E-state index contributed by atoms with van der Waals surface area (Å²) in [6.45, 7) is 1.85. The number of rotatable bonds is 3. The molecule has 0 atom stereocenters. The van der Waals surface area contributed by atoms with E-state index >= 15 is 0 Å². The van der Waals surface area contributed by atoms with Crippen LogP contribution in [0.5, 0.6) is 0 Å². The molecule has 5 aromatic carbocycles. The minimum atomic E-state index is 0.578. The van der Waals surface area contributed by atoms with E-state index in [4.69, 9.17) is 5.41 Å². The van der Waals surface area contributed by atoms with Crippen molar-refractivity contribution >= 4 is 27.3 Å². The molecular weight excluding hydrogens is 350 g/mol. The number of benzene rings is 5. The van der Waals surface area contributed by atoms with Gasteiger partial charge in [-0.15, -0.1) is 0 Å². The molecule has 29 heavy (non-hydrogen) atoms. The SMILES string of the molecule is CC(=N)c1cc(-c2ccc3ccccc3c2)cc(-c2ccc3ccccc3c2)c1. The molecule has 0 saturated carbocycles. The van der Waals surface area contributed by atoms with Gasteiger partial charge in [-0.3, -0.25) is 0 Å². The summed E-state index contributed by atoms with van der Waals surface area (Å²) in [5.41, 5.74) is 6.17. The smallest absolute Gasteiger partial charge is 0.0355 e. The maximum absolute atomic E-state index is 8.22. The lowest BCUT2D eigenvalue weighted by Crippen LogP contribution is -1.94. The summed E-state index contributed by atoms with van der Waals surface area (Å²) < 4.78 is 0. The molecule has 138 valence electrons. The molecule has 1 nitrogen and oxygen atoms in total. The number of hydrogen-bond acceptors (Lipinski definition) is 1. The van der Waals surface area contributed by atoms with Gasteiger partial charge in [0.1, 0.15) is 0 Å². The second-order valence-electron chi connectivity index (χ2n) is 7.55. The minimum Gasteiger partial charge on any atom is -0.305 e. The first-order chi connectivity index (χ1) is 14.2. The summed E-state index contributed by atoms with van der Waals surface area (Å²) in [6, 6.07) is 36.5. The average Bonchev–Trinajstić information content (AvgIpc) is 2.78. The molecule has 0 bridgehead atoms. The molecule has 5 aromatic rings. The zero-order valence-corrected chi connectivity index (χ0v) is 16.3. The van der Waals surface area contributed by atoms with E-state index in [9.17, 15) is 0 Å². The predicted octanol–water partition coefficient (Wildman–Crippen LogP) is 7.71. The van der Waals surface area contributed by atoms with E-state index in [0.717, 1.165) is 16.7 Å². The highest BCUT2D eigenvalue weighted by Crippen LogP contribution is 2.32. The third-order valence-corrected chi connectivity index (χ3v) is 5.53. The van der Waals surface area contributed by atoms with Crippen molar-refractivity contribution in [3.8, 4) is 22.3 Å². The van der Waals surface area contributed by atoms with Gasteiger partial charge in [0.25, 0.3) is 0 Å². The molecule has 5 rings (SSSR count). The largest absolute Gasteiger partial charge is 0.305 e. The highest BCUT2D eigenvalue weighted by atomic mass is 14.4. The number of hydrogen-bond donors (Lipinski definition) is 1. The second kappa shape index (κ2) is 7.03. The Morgan fingerprint density at radius 2 is 0.931 bits per heavy atom. The van der Waals surface area contributed by atoms with Crippen LogP contribution in [0.4, 0.5) is 0 Å². The molecule has 0 aliphatic heterocycles. The fraction of sp³-hybridized carbons (Fsp3) is 0.0357. The highest BCUT2D eigenvalue weighted by molar-refractivity contribution is 6.00. The Morgan fingerprint density at radius 3 is 1.38 bits per heavy atom. The van der Waals surface area contributed by atoms with Gasteiger partial charge in [0.2, 0.25) is 0 Å². The summed E-state index contributed by atoms with van der Waals surface area (Å²) in [7, 11) is 0. The second-order valence-corrected chi connectivity index (χ2v) is 7.55. The molecule has 0 aliphatic carbocycles. The standard InChI is InChI=1S/C28H21N/c1-19(29)26-16-27(24-12-10-20-6-2-4-8-22(20)14-24)18-28(17-26)25-13-11-21-7-3-5-9-23(21)15-25/h2-18,29H,1H3. The van der Waals surface area contributed by atoms with Crippen molar-refractivity contribution in [3.05, 3.63) is 109 Å². The molecule has 0 amide bonds. The first-order valence-corrected chi connectivity index (χ1v) is 9.86. The molecule has 0 unspecified atom stereocenters. The van der Waals surface area contributed by atoms with Crippen LogP contribution in [0.2, 0.25) is 0 Å². The van der Waals surface area contributed by atoms with Crippen LogP contribution in [-0.2, 0) is 0 Å². The summed E-state index contributed by atoms with van der Waals surface area (Å²) >= 11 is 0. The monoisotopic (exact) mass is 371 g/mol. The Balaban J connectivity index is 1.69. The van der Waals surface area contributed by atoms with E-state index in [1.54, 1.807) is 0 Å². The van der Waals surface area contributed by atoms with Crippen molar-refractivity contribution in [1.29, 1.82) is 5.41 Å². The Hall–Kier alpha value is -3.71. The number of nitrogens with one attached hydrogen (secondary N) is 1. The zero-order chi connectivity index (χ0) is 19.8. The van der Waals surface area contributed by atoms with Gasteiger partial charge in [0.05, 0.1) is 0 Å². The Kier molecular flexibility index (Phi) is 4.22. The summed E-state index contributed by atoms with van der Waals surface area (Å²) in [4.78, 5) is 0. The lowest BCUT2D eigenvalue weighted by Gasteiger charge is -2.12. The normalized spacial score (nSPS) is 11.1. The van der Waals surface area contributed by atoms with Crippen LogP contribution in [0, 0.1) is 5.41 Å². The van der Waals surface area contributed by atoms with E-state index in [1.807, 2.05) is 6.92 Å². The minimum absolute atomic E-state index is 0.578. The van der Waals surface area contributed by atoms with Crippen LogP contribution in [0.1, 0.15) is 12.5 Å². The van der Waals surface area contributed by atoms with Gasteiger partial charge in [-0.05, 0) is 86.6 Å². The third kappa shape index (κ3) is 3.32. The first kappa shape index (κ1) is 17.4. The van der Waals surface area contributed by atoms with Crippen LogP contribution < -0.4 is 0 Å². The topological polar surface area (TPSA) is 23.9 Å². The molecule has 0 aromatic heterocycles. The fourth-order valence-electron chi connectivity index (χ4n) is 3.92. The van der Waals surface area contributed by atoms with Crippen molar-refractivity contribution in [2.75, 3.05) is 0 Å². The fourth-order valence-corrected chi connectivity index (χ4v) is 3.92. The summed E-state index contributed by atoms with van der Waals surface area (Å²) in [5.74, 6) is 0. The van der Waals surface area contributed by atoms with Crippen LogP contribution in [-0.4, -0.2) is 5.71 Å². The molecular formula is C28H21N. The molecule has 0 heterocycles. The van der Waals surface area contributed by atoms with E-state index in [1.165, 1.54) is 32.7 Å². The quantitative estimate of drug-likeness (QED) is 0.314. The Bertz CT molecular complexity index is 1280. The molecule has 0 spiro atoms. The molecule has 1 heteroatoms. The Morgan fingerprint density at radius 1 is 0.483 bits per heavy atom. The first-order valence-electron chi connectivity index (χ1n) is 9.86. The van der Waals surface area contributed by atoms with E-state index in [0.29, 0.717) is 5.71 Å². The summed E-state index contributed by atoms with van der Waals surface area (Å²) in [5, 5.41) is 13.2. The van der Waals surface area contributed by atoms with Crippen molar-refractivity contribution in [2.45, 2.75) is 6.92 Å². The van der Waals surface area contributed by atoms with Gasteiger partial charge in [-0.1, -0.05) is 72.8 Å². The maximum Gasteiger partial charge on any atom is 0.0355 e. The van der Waals surface area contributed by atoms with E-state index in [-0.39, 0.29) is 0 Å². The predicted molar refractivity (Wildman–Crippen MR) is 125 cm³/mol. The average molecular weight is 371 g/mol. The van der Waals surface area contributed by atoms with E-state index in [2.05, 4.69) is 103 Å². The third-order valence-electron chi connectivity index (χ3n) is 5.53. The van der Waals surface area contributed by atoms with Crippen molar-refractivity contribution < 1.29 is 0 Å². The maximum atomic E-state index is 8.22. The van der Waals surface area contributed by atoms with Crippen molar-refractivity contribution in [1.82, 2.24) is 0 Å². The zero-order valence-electron chi connectivity index (χ0n) is 16.3. The van der Waals surface area contributed by atoms with Gasteiger partial charge in [0, 0.05) is 5.71 Å². The van der Waals surface area contributed by atoms with Crippen molar-refractivity contribution in [2.24, 2.45) is 0 Å². The van der Waals surface area contributed by atoms with Gasteiger partial charge < -0.3 is 5.41 Å². The van der Waals surface area contributed by atoms with Crippen LogP contribution in [0.25, 0.3) is 43.8 Å². The van der Waals surface area contributed by atoms with Crippen molar-refractivity contribution in [3.63, 3.8) is 0 Å². The lowest BCUT2D eigenvalue weighted by molar-refractivity contribution is 1.45. The lowest BCUT2D eigenvalue weighted by atomic mass is 9.93. The van der Waals surface area contributed by atoms with Crippen LogP contribution in [0.15, 0.2) is 103 Å². The highest BCUT2D eigenvalue weighted by Gasteiger charge is 2.08. The van der Waals surface area contributed by atoms with Crippen LogP contribution in [0.3, 0.4) is 0 Å². The Labute approximate surface area is 170 Å². The number of fused-ring (bicyclic) bond motifs is 2. The molecule has 0 saturated heterocycles. The molecule has 0 radical (unpaired) electrons. The summed E-state index contributed by atoms with van der Waals surface area (Å²) in [6.07, 6.45) is 0. The van der Waals surface area contributed by atoms with E-state index < -0.39 is 0 Å². The van der Waals surface area contributed by atoms with Gasteiger partial charge in [-0.2, -0.15) is 0 Å². The van der Waals surface area contributed by atoms with Gasteiger partial charge in [-0.25, -0.2) is 0 Å². The molecule has 0 fully saturated rings. The van der Waals surface area contributed by atoms with Crippen LogP contribution >= 0.6 is 0 Å². The molecule has 0 aliphatic rings. The van der Waals surface area contributed by atoms with Gasteiger partial charge in [0.15, 0.2) is 0 Å². The molecule has 1 N–H and O–H groups in total.